The molecule has 5 heteroatoms. The number of ether oxygens (including phenoxy) is 1. The third kappa shape index (κ3) is 3.91. The highest BCUT2D eigenvalue weighted by molar-refractivity contribution is 6.34. The molecule has 0 saturated carbocycles. The summed E-state index contributed by atoms with van der Waals surface area (Å²) in [5, 5.41) is 8.30. The van der Waals surface area contributed by atoms with Crippen molar-refractivity contribution in [2.45, 2.75) is 25.9 Å². The molecule has 1 atom stereocenters. The van der Waals surface area contributed by atoms with Gasteiger partial charge in [-0.3, -0.25) is 5.41 Å². The number of nitrogens with two attached hydrogens (primary N) is 1. The maximum absolute atomic E-state index is 7.23. The van der Waals surface area contributed by atoms with E-state index in [0.29, 0.717) is 22.2 Å². The second-order valence-corrected chi connectivity index (χ2v) is 4.30. The summed E-state index contributed by atoms with van der Waals surface area (Å²) in [6.07, 6.45) is 0.996. The predicted octanol–water partition coefficient (Wildman–Crippen LogP) is 3.48. The molecule has 0 aliphatic heterocycles. The van der Waals surface area contributed by atoms with Crippen LogP contribution in [0.15, 0.2) is 18.2 Å². The molecule has 0 radical (unpaired) electrons. The van der Waals surface area contributed by atoms with Gasteiger partial charge in [0.15, 0.2) is 0 Å². The normalized spacial score (nSPS) is 12.2. The summed E-state index contributed by atoms with van der Waals surface area (Å²) >= 11 is 11.8. The van der Waals surface area contributed by atoms with Gasteiger partial charge in [0, 0.05) is 17.5 Å². The van der Waals surface area contributed by atoms with Crippen LogP contribution in [0.2, 0.25) is 10.0 Å². The molecular weight excluding hydrogens is 247 g/mol. The van der Waals surface area contributed by atoms with Crippen LogP contribution in [0, 0.1) is 5.41 Å². The van der Waals surface area contributed by atoms with E-state index in [1.165, 1.54) is 0 Å². The number of amidine groups is 1. The van der Waals surface area contributed by atoms with Crippen LogP contribution in [0.5, 0.6) is 5.75 Å². The van der Waals surface area contributed by atoms with Crippen molar-refractivity contribution in [2.24, 2.45) is 5.73 Å². The molecule has 1 aromatic carbocycles. The molecule has 0 bridgehead atoms. The van der Waals surface area contributed by atoms with Crippen LogP contribution in [0.3, 0.4) is 0 Å². The average Bonchev–Trinajstić information content (AvgIpc) is 2.21. The molecule has 3 nitrogen and oxygen atoms in total. The topological polar surface area (TPSA) is 59.1 Å². The summed E-state index contributed by atoms with van der Waals surface area (Å²) in [6, 6.07) is 5.04. The number of nitrogens with one attached hydrogen (secondary N) is 1. The van der Waals surface area contributed by atoms with E-state index in [4.69, 9.17) is 39.1 Å². The Kier molecular flexibility index (Phi) is 4.90. The molecule has 3 N–H and O–H groups in total. The Hall–Kier alpha value is -0.930. The lowest BCUT2D eigenvalue weighted by atomic mass is 10.2. The maximum atomic E-state index is 7.23. The second-order valence-electron chi connectivity index (χ2n) is 3.45. The van der Waals surface area contributed by atoms with E-state index in [9.17, 15) is 0 Å². The monoisotopic (exact) mass is 260 g/mol. The minimum atomic E-state index is -0.145. The first-order valence-electron chi connectivity index (χ1n) is 4.97. The SMILES string of the molecule is CCC(CC(=N)N)Oc1cc(Cl)ccc1Cl. The van der Waals surface area contributed by atoms with Crippen molar-refractivity contribution in [3.8, 4) is 5.75 Å². The van der Waals surface area contributed by atoms with Gasteiger partial charge in [0.05, 0.1) is 10.9 Å². The van der Waals surface area contributed by atoms with Crippen LogP contribution in [0.4, 0.5) is 0 Å². The molecule has 0 spiro atoms. The first-order chi connectivity index (χ1) is 7.52. The van der Waals surface area contributed by atoms with Crippen molar-refractivity contribution in [1.82, 2.24) is 0 Å². The molecule has 0 aromatic heterocycles. The van der Waals surface area contributed by atoms with Gasteiger partial charge in [-0.1, -0.05) is 30.1 Å². The summed E-state index contributed by atoms with van der Waals surface area (Å²) in [6.45, 7) is 1.96. The Morgan fingerprint density at radius 2 is 2.19 bits per heavy atom. The summed E-state index contributed by atoms with van der Waals surface area (Å²) < 4.78 is 5.65. The molecule has 1 aromatic rings. The van der Waals surface area contributed by atoms with Gasteiger partial charge < -0.3 is 10.5 Å². The lowest BCUT2D eigenvalue weighted by molar-refractivity contribution is 0.205. The van der Waals surface area contributed by atoms with Gasteiger partial charge in [0.2, 0.25) is 0 Å². The number of halogens is 2. The van der Waals surface area contributed by atoms with Crippen LogP contribution in [0.25, 0.3) is 0 Å². The zero-order valence-corrected chi connectivity index (χ0v) is 10.5. The summed E-state index contributed by atoms with van der Waals surface area (Å²) in [5.74, 6) is 0.632. The summed E-state index contributed by atoms with van der Waals surface area (Å²) in [5.41, 5.74) is 5.33. The maximum Gasteiger partial charge on any atom is 0.139 e. The highest BCUT2D eigenvalue weighted by Crippen LogP contribution is 2.29. The van der Waals surface area contributed by atoms with Gasteiger partial charge in [-0.2, -0.15) is 0 Å². The fourth-order valence-corrected chi connectivity index (χ4v) is 1.59. The van der Waals surface area contributed by atoms with E-state index in [0.717, 1.165) is 6.42 Å². The zero-order valence-electron chi connectivity index (χ0n) is 8.97. The molecule has 0 saturated heterocycles. The minimum Gasteiger partial charge on any atom is -0.488 e. The summed E-state index contributed by atoms with van der Waals surface area (Å²) in [4.78, 5) is 0. The largest absolute Gasteiger partial charge is 0.488 e. The second kappa shape index (κ2) is 5.97. The third-order valence-corrected chi connectivity index (χ3v) is 2.64. The van der Waals surface area contributed by atoms with Crippen molar-refractivity contribution < 1.29 is 4.74 Å². The van der Waals surface area contributed by atoms with Crippen LogP contribution < -0.4 is 10.5 Å². The zero-order chi connectivity index (χ0) is 12.1. The molecular formula is C11H14Cl2N2O. The van der Waals surface area contributed by atoms with Gasteiger partial charge in [-0.25, -0.2) is 0 Å². The van der Waals surface area contributed by atoms with E-state index < -0.39 is 0 Å². The number of rotatable bonds is 5. The number of hydrogen-bond acceptors (Lipinski definition) is 2. The molecule has 0 amide bonds. The molecule has 0 fully saturated rings. The molecule has 1 unspecified atom stereocenters. The van der Waals surface area contributed by atoms with Crippen molar-refractivity contribution >= 4 is 29.0 Å². The Bertz CT molecular complexity index is 382. The molecule has 0 aliphatic carbocycles. The third-order valence-electron chi connectivity index (χ3n) is 2.09. The molecule has 16 heavy (non-hydrogen) atoms. The van der Waals surface area contributed by atoms with Gasteiger partial charge in [-0.05, 0) is 18.6 Å². The lowest BCUT2D eigenvalue weighted by Crippen LogP contribution is -2.24. The van der Waals surface area contributed by atoms with Crippen LogP contribution in [0.1, 0.15) is 19.8 Å². The predicted molar refractivity (Wildman–Crippen MR) is 67.7 cm³/mol. The molecule has 0 heterocycles. The quantitative estimate of drug-likeness (QED) is 0.629. The highest BCUT2D eigenvalue weighted by Gasteiger charge is 2.12. The Labute approximate surface area is 105 Å². The van der Waals surface area contributed by atoms with E-state index >= 15 is 0 Å². The van der Waals surface area contributed by atoms with Crippen molar-refractivity contribution in [3.63, 3.8) is 0 Å². The Morgan fingerprint density at radius 3 is 2.75 bits per heavy atom. The molecule has 0 aliphatic rings. The van der Waals surface area contributed by atoms with Gasteiger partial charge in [-0.15, -0.1) is 0 Å². The number of benzene rings is 1. The van der Waals surface area contributed by atoms with Crippen molar-refractivity contribution in [3.05, 3.63) is 28.2 Å². The average molecular weight is 261 g/mol. The summed E-state index contributed by atoms with van der Waals surface area (Å²) in [7, 11) is 0. The van der Waals surface area contributed by atoms with Gasteiger partial charge in [0.1, 0.15) is 11.9 Å². The van der Waals surface area contributed by atoms with Crippen LogP contribution in [-0.4, -0.2) is 11.9 Å². The Balaban J connectivity index is 2.77. The number of hydrogen-bond donors (Lipinski definition) is 2. The van der Waals surface area contributed by atoms with E-state index in [-0.39, 0.29) is 11.9 Å². The lowest BCUT2D eigenvalue weighted by Gasteiger charge is -2.17. The first-order valence-corrected chi connectivity index (χ1v) is 5.73. The fourth-order valence-electron chi connectivity index (χ4n) is 1.26. The Morgan fingerprint density at radius 1 is 1.50 bits per heavy atom. The van der Waals surface area contributed by atoms with E-state index in [1.54, 1.807) is 18.2 Å². The minimum absolute atomic E-state index is 0.102. The standard InChI is InChI=1S/C11H14Cl2N2O/c1-2-8(6-11(14)15)16-10-5-7(12)3-4-9(10)13/h3-5,8H,2,6H2,1H3,(H3,14,15). The van der Waals surface area contributed by atoms with Gasteiger partial charge in [0.25, 0.3) is 0 Å². The van der Waals surface area contributed by atoms with Crippen LogP contribution >= 0.6 is 23.2 Å². The van der Waals surface area contributed by atoms with Crippen molar-refractivity contribution in [2.75, 3.05) is 0 Å². The molecule has 88 valence electrons. The smallest absolute Gasteiger partial charge is 0.139 e. The molecule has 1 rings (SSSR count). The van der Waals surface area contributed by atoms with E-state index in [2.05, 4.69) is 0 Å². The highest BCUT2D eigenvalue weighted by atomic mass is 35.5. The fraction of sp³-hybridized carbons (Fsp3) is 0.364. The van der Waals surface area contributed by atoms with Crippen molar-refractivity contribution in [1.29, 1.82) is 5.41 Å². The van der Waals surface area contributed by atoms with Gasteiger partial charge >= 0.3 is 0 Å². The van der Waals surface area contributed by atoms with E-state index in [1.807, 2.05) is 6.92 Å². The van der Waals surface area contributed by atoms with Crippen LogP contribution in [-0.2, 0) is 0 Å². The first kappa shape index (κ1) is 13.1.